The maximum atomic E-state index is 4.66. The summed E-state index contributed by atoms with van der Waals surface area (Å²) < 4.78 is 0. The zero-order valence-corrected chi connectivity index (χ0v) is 11.3. The molecule has 2 fully saturated rings. The van der Waals surface area contributed by atoms with Gasteiger partial charge in [0.25, 0.3) is 0 Å². The van der Waals surface area contributed by atoms with Crippen molar-refractivity contribution in [3.63, 3.8) is 0 Å². The van der Waals surface area contributed by atoms with Gasteiger partial charge in [0.1, 0.15) is 5.82 Å². The van der Waals surface area contributed by atoms with Crippen molar-refractivity contribution >= 4 is 11.8 Å². The van der Waals surface area contributed by atoms with Gasteiger partial charge in [0.15, 0.2) is 0 Å². The Labute approximate surface area is 109 Å². The Kier molecular flexibility index (Phi) is 3.10. The zero-order chi connectivity index (χ0) is 12.5. The molecule has 0 bridgehead atoms. The van der Waals surface area contributed by atoms with E-state index in [9.17, 15) is 0 Å². The van der Waals surface area contributed by atoms with Crippen LogP contribution in [0.15, 0.2) is 6.20 Å². The predicted octanol–water partition coefficient (Wildman–Crippen LogP) is 2.45. The molecule has 0 aromatic carbocycles. The first-order chi connectivity index (χ1) is 8.76. The number of aromatic nitrogens is 2. The summed E-state index contributed by atoms with van der Waals surface area (Å²) in [6.45, 7) is 4.47. The van der Waals surface area contributed by atoms with Crippen molar-refractivity contribution in [2.24, 2.45) is 11.8 Å². The molecule has 0 unspecified atom stereocenters. The van der Waals surface area contributed by atoms with E-state index in [0.29, 0.717) is 0 Å². The fourth-order valence-corrected chi connectivity index (χ4v) is 2.35. The maximum absolute atomic E-state index is 4.66. The lowest BCUT2D eigenvalue weighted by molar-refractivity contribution is 0.669. The van der Waals surface area contributed by atoms with E-state index in [1.165, 1.54) is 44.3 Å². The molecule has 2 saturated carbocycles. The number of hydrogen-bond donors (Lipinski definition) is 1. The third-order valence-corrected chi connectivity index (χ3v) is 3.82. The van der Waals surface area contributed by atoms with Crippen molar-refractivity contribution in [3.05, 3.63) is 11.8 Å². The van der Waals surface area contributed by atoms with Crippen molar-refractivity contribution in [3.8, 4) is 0 Å². The van der Waals surface area contributed by atoms with E-state index < -0.39 is 0 Å². The van der Waals surface area contributed by atoms with E-state index in [-0.39, 0.29) is 0 Å². The Hall–Kier alpha value is -1.32. The monoisotopic (exact) mass is 246 g/mol. The zero-order valence-electron chi connectivity index (χ0n) is 11.3. The summed E-state index contributed by atoms with van der Waals surface area (Å²) in [5.74, 6) is 3.66. The van der Waals surface area contributed by atoms with Gasteiger partial charge in [0, 0.05) is 31.9 Å². The van der Waals surface area contributed by atoms with Crippen LogP contribution in [0, 0.1) is 18.8 Å². The standard InChI is InChI=1S/C14H22N4/c1-10-7-16-14(15-2)17-13(10)18(8-11-3-4-11)9-12-5-6-12/h7,11-12H,3-6,8-9H2,1-2H3,(H,15,16,17). The van der Waals surface area contributed by atoms with E-state index in [2.05, 4.69) is 27.1 Å². The van der Waals surface area contributed by atoms with Crippen LogP contribution in [0.4, 0.5) is 11.8 Å². The molecular formula is C14H22N4. The van der Waals surface area contributed by atoms with E-state index in [1.54, 1.807) is 0 Å². The predicted molar refractivity (Wildman–Crippen MR) is 74.0 cm³/mol. The first-order valence-electron chi connectivity index (χ1n) is 7.02. The summed E-state index contributed by atoms with van der Waals surface area (Å²) in [6, 6.07) is 0. The third kappa shape index (κ3) is 2.74. The Morgan fingerprint density at radius 3 is 2.33 bits per heavy atom. The molecule has 18 heavy (non-hydrogen) atoms. The van der Waals surface area contributed by atoms with Crippen LogP contribution in [0.2, 0.25) is 0 Å². The number of nitrogens with one attached hydrogen (secondary N) is 1. The van der Waals surface area contributed by atoms with Gasteiger partial charge in [0.05, 0.1) is 0 Å². The first kappa shape index (κ1) is 11.8. The van der Waals surface area contributed by atoms with Gasteiger partial charge in [-0.05, 0) is 44.4 Å². The molecule has 0 aliphatic heterocycles. The van der Waals surface area contributed by atoms with Gasteiger partial charge in [-0.1, -0.05) is 0 Å². The van der Waals surface area contributed by atoms with Crippen molar-refractivity contribution in [1.29, 1.82) is 0 Å². The van der Waals surface area contributed by atoms with E-state index >= 15 is 0 Å². The molecule has 1 aromatic heterocycles. The van der Waals surface area contributed by atoms with Crippen molar-refractivity contribution in [2.75, 3.05) is 30.4 Å². The highest BCUT2D eigenvalue weighted by Crippen LogP contribution is 2.36. The molecule has 3 rings (SSSR count). The lowest BCUT2D eigenvalue weighted by Gasteiger charge is -2.25. The average molecular weight is 246 g/mol. The Balaban J connectivity index is 1.81. The molecule has 0 amide bonds. The number of rotatable bonds is 6. The van der Waals surface area contributed by atoms with Crippen LogP contribution in [-0.4, -0.2) is 30.1 Å². The lowest BCUT2D eigenvalue weighted by atomic mass is 10.2. The Bertz CT molecular complexity index is 410. The normalized spacial score (nSPS) is 18.8. The van der Waals surface area contributed by atoms with Gasteiger partial charge in [0.2, 0.25) is 5.95 Å². The summed E-state index contributed by atoms with van der Waals surface area (Å²) in [5, 5.41) is 3.04. The summed E-state index contributed by atoms with van der Waals surface area (Å²) in [6.07, 6.45) is 7.50. The van der Waals surface area contributed by atoms with E-state index in [0.717, 1.165) is 23.6 Å². The van der Waals surface area contributed by atoms with Crippen LogP contribution < -0.4 is 10.2 Å². The van der Waals surface area contributed by atoms with Crippen LogP contribution in [0.5, 0.6) is 0 Å². The van der Waals surface area contributed by atoms with Crippen LogP contribution in [0.3, 0.4) is 0 Å². The first-order valence-corrected chi connectivity index (χ1v) is 7.02. The minimum Gasteiger partial charge on any atom is -0.357 e. The van der Waals surface area contributed by atoms with Gasteiger partial charge >= 0.3 is 0 Å². The summed E-state index contributed by atoms with van der Waals surface area (Å²) in [4.78, 5) is 11.4. The third-order valence-electron chi connectivity index (χ3n) is 3.82. The highest BCUT2D eigenvalue weighted by atomic mass is 15.2. The number of hydrogen-bond acceptors (Lipinski definition) is 4. The Morgan fingerprint density at radius 2 is 1.83 bits per heavy atom. The fourth-order valence-electron chi connectivity index (χ4n) is 2.35. The molecule has 0 saturated heterocycles. The topological polar surface area (TPSA) is 41.1 Å². The number of nitrogens with zero attached hydrogens (tertiary/aromatic N) is 3. The molecule has 4 heteroatoms. The minimum absolute atomic E-state index is 0.729. The van der Waals surface area contributed by atoms with Crippen molar-refractivity contribution < 1.29 is 0 Å². The molecule has 1 N–H and O–H groups in total. The summed E-state index contributed by atoms with van der Waals surface area (Å²) in [5.41, 5.74) is 1.19. The minimum atomic E-state index is 0.729. The van der Waals surface area contributed by atoms with Gasteiger partial charge in [-0.3, -0.25) is 0 Å². The molecule has 0 spiro atoms. The average Bonchev–Trinajstić information content (AvgIpc) is 3.24. The second-order valence-corrected chi connectivity index (χ2v) is 5.74. The lowest BCUT2D eigenvalue weighted by Crippen LogP contribution is -2.30. The molecule has 98 valence electrons. The summed E-state index contributed by atoms with van der Waals surface area (Å²) >= 11 is 0. The van der Waals surface area contributed by atoms with Crippen LogP contribution in [-0.2, 0) is 0 Å². The SMILES string of the molecule is CNc1ncc(C)c(N(CC2CC2)CC2CC2)n1. The van der Waals surface area contributed by atoms with Crippen LogP contribution >= 0.6 is 0 Å². The van der Waals surface area contributed by atoms with Gasteiger partial charge < -0.3 is 10.2 Å². The molecule has 0 atom stereocenters. The quantitative estimate of drug-likeness (QED) is 0.837. The second-order valence-electron chi connectivity index (χ2n) is 5.74. The number of anilines is 2. The molecule has 1 aromatic rings. The number of aryl methyl sites for hydroxylation is 1. The van der Waals surface area contributed by atoms with Gasteiger partial charge in [-0.15, -0.1) is 0 Å². The molecule has 0 radical (unpaired) electrons. The highest BCUT2D eigenvalue weighted by Gasteiger charge is 2.30. The molecule has 2 aliphatic carbocycles. The van der Waals surface area contributed by atoms with Crippen molar-refractivity contribution in [1.82, 2.24) is 9.97 Å². The van der Waals surface area contributed by atoms with Crippen LogP contribution in [0.1, 0.15) is 31.2 Å². The maximum Gasteiger partial charge on any atom is 0.224 e. The summed E-state index contributed by atoms with van der Waals surface area (Å²) in [7, 11) is 1.88. The molecule has 4 nitrogen and oxygen atoms in total. The van der Waals surface area contributed by atoms with Gasteiger partial charge in [-0.2, -0.15) is 4.98 Å². The van der Waals surface area contributed by atoms with E-state index in [4.69, 9.17) is 0 Å². The molecule has 2 aliphatic rings. The van der Waals surface area contributed by atoms with Crippen molar-refractivity contribution in [2.45, 2.75) is 32.6 Å². The smallest absolute Gasteiger partial charge is 0.224 e. The molecular weight excluding hydrogens is 224 g/mol. The largest absolute Gasteiger partial charge is 0.357 e. The van der Waals surface area contributed by atoms with Gasteiger partial charge in [-0.25, -0.2) is 4.98 Å². The fraction of sp³-hybridized carbons (Fsp3) is 0.714. The van der Waals surface area contributed by atoms with E-state index in [1.807, 2.05) is 13.2 Å². The highest BCUT2D eigenvalue weighted by molar-refractivity contribution is 5.49. The Morgan fingerprint density at radius 1 is 1.22 bits per heavy atom. The second kappa shape index (κ2) is 4.75. The molecule has 1 heterocycles. The van der Waals surface area contributed by atoms with Crippen LogP contribution in [0.25, 0.3) is 0 Å².